The van der Waals surface area contributed by atoms with E-state index >= 15 is 0 Å². The lowest BCUT2D eigenvalue weighted by atomic mass is 9.88. The Bertz CT molecular complexity index is 780. The zero-order valence-corrected chi connectivity index (χ0v) is 18.6. The number of hydrogen-bond donors (Lipinski definition) is 2. The number of hydrogen-bond acceptors (Lipinski definition) is 3. The number of aryl methyl sites for hydroxylation is 1. The van der Waals surface area contributed by atoms with Crippen molar-refractivity contribution in [1.29, 1.82) is 0 Å². The van der Waals surface area contributed by atoms with Gasteiger partial charge in [0.05, 0.1) is 0 Å². The third-order valence-corrected chi connectivity index (χ3v) is 6.47. The Hall–Kier alpha value is -2.37. The van der Waals surface area contributed by atoms with Crippen LogP contribution in [0, 0.1) is 24.7 Å². The summed E-state index contributed by atoms with van der Waals surface area (Å²) in [6.07, 6.45) is 3.45. The van der Waals surface area contributed by atoms with Gasteiger partial charge in [-0.15, -0.1) is 0 Å². The Kier molecular flexibility index (Phi) is 7.16. The molecule has 164 valence electrons. The molecule has 6 nitrogen and oxygen atoms in total. The second-order valence-electron chi connectivity index (χ2n) is 9.30. The summed E-state index contributed by atoms with van der Waals surface area (Å²) in [4.78, 5) is 40.3. The molecule has 2 N–H and O–H groups in total. The number of carbonyl (C=O) groups is 3. The van der Waals surface area contributed by atoms with Crippen LogP contribution in [0.5, 0.6) is 0 Å². The molecule has 6 heteroatoms. The number of benzene rings is 1. The molecule has 30 heavy (non-hydrogen) atoms. The summed E-state index contributed by atoms with van der Waals surface area (Å²) < 4.78 is 0. The second-order valence-corrected chi connectivity index (χ2v) is 9.30. The minimum absolute atomic E-state index is 0.0152. The molecule has 0 radical (unpaired) electrons. The molecule has 3 amide bonds. The van der Waals surface area contributed by atoms with E-state index in [1.54, 1.807) is 6.07 Å². The van der Waals surface area contributed by atoms with E-state index in [1.807, 2.05) is 36.9 Å². The first-order valence-electron chi connectivity index (χ1n) is 11.2. The second kappa shape index (κ2) is 9.63. The molecule has 0 bridgehead atoms. The van der Waals surface area contributed by atoms with Crippen LogP contribution in [0.15, 0.2) is 24.3 Å². The van der Waals surface area contributed by atoms with Crippen LogP contribution in [0.25, 0.3) is 0 Å². The zero-order chi connectivity index (χ0) is 21.8. The van der Waals surface area contributed by atoms with Crippen LogP contribution in [-0.2, 0) is 9.59 Å². The van der Waals surface area contributed by atoms with Gasteiger partial charge in [0.1, 0.15) is 6.04 Å². The largest absolute Gasteiger partial charge is 0.352 e. The topological polar surface area (TPSA) is 78.5 Å². The smallest absolute Gasteiger partial charge is 0.251 e. The summed E-state index contributed by atoms with van der Waals surface area (Å²) in [5.41, 5.74) is 1.56. The molecule has 2 atom stereocenters. The highest BCUT2D eigenvalue weighted by Crippen LogP contribution is 2.33. The molecule has 1 aliphatic heterocycles. The number of piperidine rings is 1. The summed E-state index contributed by atoms with van der Waals surface area (Å²) in [5, 5.41) is 6.07. The number of nitrogens with one attached hydrogen (secondary N) is 2. The maximum Gasteiger partial charge on any atom is 0.251 e. The van der Waals surface area contributed by atoms with Crippen LogP contribution in [0.4, 0.5) is 0 Å². The molecular formula is C24H35N3O3. The molecular weight excluding hydrogens is 378 g/mol. The van der Waals surface area contributed by atoms with Crippen molar-refractivity contribution in [2.75, 3.05) is 13.1 Å². The Balaban J connectivity index is 1.69. The van der Waals surface area contributed by atoms with Crippen LogP contribution < -0.4 is 10.6 Å². The molecule has 0 spiro atoms. The minimum atomic E-state index is -0.600. The molecule has 2 fully saturated rings. The predicted octanol–water partition coefficient (Wildman–Crippen LogP) is 2.90. The quantitative estimate of drug-likeness (QED) is 0.721. The van der Waals surface area contributed by atoms with Gasteiger partial charge in [-0.3, -0.25) is 14.4 Å². The van der Waals surface area contributed by atoms with Gasteiger partial charge in [0.2, 0.25) is 11.8 Å². The first kappa shape index (κ1) is 22.3. The number of carbonyl (C=O) groups excluding carboxylic acids is 3. The van der Waals surface area contributed by atoms with E-state index in [2.05, 4.69) is 24.5 Å². The average molecular weight is 414 g/mol. The highest BCUT2D eigenvalue weighted by molar-refractivity contribution is 5.97. The summed E-state index contributed by atoms with van der Waals surface area (Å²) in [7, 11) is 0. The summed E-state index contributed by atoms with van der Waals surface area (Å²) >= 11 is 0. The SMILES string of the molecule is Cc1cccc(C(=O)N[C@@H](C(=O)N[C@H](C)C(C)C)C2CCN(C(=O)C3CC3)CC2)c1. The molecule has 1 aliphatic carbocycles. The molecule has 3 rings (SSSR count). The van der Waals surface area contributed by atoms with E-state index in [0.717, 1.165) is 31.2 Å². The third-order valence-electron chi connectivity index (χ3n) is 6.47. The van der Waals surface area contributed by atoms with Crippen molar-refractivity contribution in [2.45, 2.75) is 65.5 Å². The van der Waals surface area contributed by atoms with Crippen LogP contribution in [-0.4, -0.2) is 47.8 Å². The summed E-state index contributed by atoms with van der Waals surface area (Å²) in [5.74, 6) is 0.429. The summed E-state index contributed by atoms with van der Waals surface area (Å²) in [6.45, 7) is 9.37. The molecule has 1 heterocycles. The van der Waals surface area contributed by atoms with Gasteiger partial charge in [0, 0.05) is 30.6 Å². The minimum Gasteiger partial charge on any atom is -0.352 e. The van der Waals surface area contributed by atoms with E-state index in [-0.39, 0.29) is 35.6 Å². The van der Waals surface area contributed by atoms with Crippen LogP contribution in [0.3, 0.4) is 0 Å². The number of likely N-dealkylation sites (tertiary alicyclic amines) is 1. The van der Waals surface area contributed by atoms with Gasteiger partial charge in [0.15, 0.2) is 0 Å². The fraction of sp³-hybridized carbons (Fsp3) is 0.625. The lowest BCUT2D eigenvalue weighted by Crippen LogP contribution is -2.55. The predicted molar refractivity (Wildman–Crippen MR) is 117 cm³/mol. The maximum absolute atomic E-state index is 13.1. The van der Waals surface area contributed by atoms with Gasteiger partial charge >= 0.3 is 0 Å². The van der Waals surface area contributed by atoms with E-state index in [4.69, 9.17) is 0 Å². The normalized spacial score (nSPS) is 19.3. The first-order valence-corrected chi connectivity index (χ1v) is 11.2. The van der Waals surface area contributed by atoms with Crippen molar-refractivity contribution in [2.24, 2.45) is 17.8 Å². The Morgan fingerprint density at radius 2 is 1.67 bits per heavy atom. The van der Waals surface area contributed by atoms with Crippen LogP contribution >= 0.6 is 0 Å². The highest BCUT2D eigenvalue weighted by Gasteiger charge is 2.38. The lowest BCUT2D eigenvalue weighted by molar-refractivity contribution is -0.134. The Morgan fingerprint density at radius 1 is 1.00 bits per heavy atom. The lowest BCUT2D eigenvalue weighted by Gasteiger charge is -2.36. The number of amides is 3. The van der Waals surface area contributed by atoms with E-state index in [9.17, 15) is 14.4 Å². The van der Waals surface area contributed by atoms with Gasteiger partial charge in [0.25, 0.3) is 5.91 Å². The van der Waals surface area contributed by atoms with Gasteiger partial charge in [-0.05, 0) is 63.5 Å². The molecule has 0 unspecified atom stereocenters. The molecule has 0 aromatic heterocycles. The summed E-state index contributed by atoms with van der Waals surface area (Å²) in [6, 6.07) is 6.81. The van der Waals surface area contributed by atoms with Crippen molar-refractivity contribution in [1.82, 2.24) is 15.5 Å². The molecule has 2 aliphatic rings. The Morgan fingerprint density at radius 3 is 2.23 bits per heavy atom. The van der Waals surface area contributed by atoms with Crippen molar-refractivity contribution >= 4 is 17.7 Å². The number of nitrogens with zero attached hydrogens (tertiary/aromatic N) is 1. The van der Waals surface area contributed by atoms with Crippen LogP contribution in [0.1, 0.15) is 62.4 Å². The van der Waals surface area contributed by atoms with Crippen molar-refractivity contribution < 1.29 is 14.4 Å². The van der Waals surface area contributed by atoms with Crippen LogP contribution in [0.2, 0.25) is 0 Å². The van der Waals surface area contributed by atoms with Crippen molar-refractivity contribution in [3.63, 3.8) is 0 Å². The van der Waals surface area contributed by atoms with Crippen molar-refractivity contribution in [3.05, 3.63) is 35.4 Å². The van der Waals surface area contributed by atoms with Gasteiger partial charge in [-0.1, -0.05) is 31.5 Å². The highest BCUT2D eigenvalue weighted by atomic mass is 16.2. The average Bonchev–Trinajstić information content (AvgIpc) is 3.56. The van der Waals surface area contributed by atoms with Gasteiger partial charge < -0.3 is 15.5 Å². The molecule has 1 aromatic carbocycles. The standard InChI is InChI=1S/C24H35N3O3/c1-15(2)17(4)25-23(29)21(26-22(28)20-7-5-6-16(3)14-20)18-10-12-27(13-11-18)24(30)19-8-9-19/h5-7,14-15,17-19,21H,8-13H2,1-4H3,(H,25,29)(H,26,28)/t17-,21-/m1/s1. The van der Waals surface area contributed by atoms with Crippen molar-refractivity contribution in [3.8, 4) is 0 Å². The Labute approximate surface area is 179 Å². The fourth-order valence-corrected chi connectivity index (χ4v) is 3.93. The van der Waals surface area contributed by atoms with E-state index in [1.165, 1.54) is 0 Å². The third kappa shape index (κ3) is 5.61. The fourth-order valence-electron chi connectivity index (χ4n) is 3.93. The monoisotopic (exact) mass is 413 g/mol. The maximum atomic E-state index is 13.1. The number of rotatable bonds is 7. The van der Waals surface area contributed by atoms with Gasteiger partial charge in [-0.2, -0.15) is 0 Å². The van der Waals surface area contributed by atoms with Gasteiger partial charge in [-0.25, -0.2) is 0 Å². The molecule has 1 saturated heterocycles. The molecule has 1 aromatic rings. The molecule has 1 saturated carbocycles. The zero-order valence-electron chi connectivity index (χ0n) is 18.6. The first-order chi connectivity index (χ1) is 14.3. The van der Waals surface area contributed by atoms with E-state index in [0.29, 0.717) is 24.6 Å². The van der Waals surface area contributed by atoms with E-state index < -0.39 is 6.04 Å².